The normalized spacial score (nSPS) is 19.2. The minimum atomic E-state index is -0.384. The number of pyridine rings is 1. The number of nitrogens with zero attached hydrogens (tertiary/aromatic N) is 5. The van der Waals surface area contributed by atoms with E-state index in [1.807, 2.05) is 41.2 Å². The first-order chi connectivity index (χ1) is 19.6. The molecule has 2 aromatic heterocycles. The van der Waals surface area contributed by atoms with Gasteiger partial charge in [-0.15, -0.1) is 0 Å². The van der Waals surface area contributed by atoms with E-state index in [1.54, 1.807) is 11.1 Å². The first-order valence-electron chi connectivity index (χ1n) is 14.1. The highest BCUT2D eigenvalue weighted by Gasteiger charge is 2.32. The molecule has 4 amide bonds. The number of likely N-dealkylation sites (tertiary alicyclic amines) is 1. The molecule has 0 aliphatic carbocycles. The van der Waals surface area contributed by atoms with Crippen molar-refractivity contribution in [1.29, 1.82) is 0 Å². The Balaban J connectivity index is 1.05. The zero-order valence-electron chi connectivity index (χ0n) is 23.3. The van der Waals surface area contributed by atoms with Crippen molar-refractivity contribution >= 4 is 41.0 Å². The smallest absolute Gasteiger partial charge is 0.310 e. The van der Waals surface area contributed by atoms with Crippen molar-refractivity contribution in [2.75, 3.05) is 29.9 Å². The Kier molecular flexibility index (Phi) is 7.29. The van der Waals surface area contributed by atoms with Crippen molar-refractivity contribution in [3.05, 3.63) is 59.0 Å². The van der Waals surface area contributed by atoms with Crippen molar-refractivity contribution < 1.29 is 14.4 Å². The third-order valence-corrected chi connectivity index (χ3v) is 8.51. The van der Waals surface area contributed by atoms with Crippen LogP contribution in [0.2, 0.25) is 5.02 Å². The van der Waals surface area contributed by atoms with Gasteiger partial charge in [-0.25, -0.2) is 9.78 Å². The van der Waals surface area contributed by atoms with Crippen molar-refractivity contribution in [2.45, 2.75) is 52.6 Å². The predicted octanol–water partition coefficient (Wildman–Crippen LogP) is 4.48. The second-order valence-corrected chi connectivity index (χ2v) is 12.4. The lowest BCUT2D eigenvalue weighted by atomic mass is 9.89. The molecule has 0 atom stereocenters. The molecule has 2 saturated heterocycles. The van der Waals surface area contributed by atoms with Crippen LogP contribution < -0.4 is 15.5 Å². The van der Waals surface area contributed by atoms with Gasteiger partial charge in [0.15, 0.2) is 0 Å². The Bertz CT molecular complexity index is 1510. The lowest BCUT2D eigenvalue weighted by molar-refractivity contribution is -0.121. The minimum Gasteiger partial charge on any atom is -0.310 e. The number of benzene rings is 1. The third kappa shape index (κ3) is 5.85. The molecule has 0 saturated carbocycles. The highest BCUT2D eigenvalue weighted by molar-refractivity contribution is 6.33. The Labute approximate surface area is 244 Å². The summed E-state index contributed by atoms with van der Waals surface area (Å²) in [5.74, 6) is 0.121. The summed E-state index contributed by atoms with van der Waals surface area (Å²) in [6.45, 7) is 8.02. The SMILES string of the molecule is CC1(C)Cc2c(-c3cc(NC(=O)C4CCN(Cc5cccc(N6CCC(=O)NC6=O)c5)CC4)ncc3Cl)cnn2C1. The van der Waals surface area contributed by atoms with Gasteiger partial charge in [0.1, 0.15) is 5.82 Å². The standard InChI is InChI=1S/C30H34ClN7O3/c1-30(2)14-25-23(15-33-38(25)18-30)22-13-26(32-16-24(22)31)34-28(40)20-6-9-36(10-7-20)17-19-4-3-5-21(12-19)37-11-8-27(39)35-29(37)41/h3-5,12-13,15-16,20H,6-11,14,17-18H2,1-2H3,(H,32,34,40)(H,35,39,41). The van der Waals surface area contributed by atoms with Gasteiger partial charge in [-0.2, -0.15) is 5.10 Å². The van der Waals surface area contributed by atoms with Crippen LogP contribution in [0.15, 0.2) is 42.7 Å². The molecule has 2 N–H and O–H groups in total. The number of imide groups is 1. The lowest BCUT2D eigenvalue weighted by Crippen LogP contribution is -2.49. The van der Waals surface area contributed by atoms with E-state index < -0.39 is 0 Å². The number of fused-ring (bicyclic) bond motifs is 1. The number of halogens is 1. The van der Waals surface area contributed by atoms with Gasteiger partial charge in [-0.05, 0) is 61.5 Å². The van der Waals surface area contributed by atoms with Gasteiger partial charge >= 0.3 is 6.03 Å². The number of piperidine rings is 1. The molecule has 3 aliphatic rings. The topological polar surface area (TPSA) is 112 Å². The number of urea groups is 1. The summed E-state index contributed by atoms with van der Waals surface area (Å²) in [6.07, 6.45) is 6.15. The van der Waals surface area contributed by atoms with Crippen LogP contribution in [0.5, 0.6) is 0 Å². The van der Waals surface area contributed by atoms with Crippen LogP contribution in [0, 0.1) is 11.3 Å². The van der Waals surface area contributed by atoms with E-state index in [4.69, 9.17) is 11.6 Å². The molecule has 5 heterocycles. The number of rotatable bonds is 6. The molecule has 41 heavy (non-hydrogen) atoms. The summed E-state index contributed by atoms with van der Waals surface area (Å²) in [6, 6.07) is 9.31. The van der Waals surface area contributed by atoms with Gasteiger partial charge in [0.2, 0.25) is 11.8 Å². The summed E-state index contributed by atoms with van der Waals surface area (Å²) >= 11 is 6.54. The van der Waals surface area contributed by atoms with Gasteiger partial charge in [0, 0.05) is 60.7 Å². The fourth-order valence-corrected chi connectivity index (χ4v) is 6.26. The molecular formula is C30H34ClN7O3. The van der Waals surface area contributed by atoms with Crippen molar-refractivity contribution in [1.82, 2.24) is 25.0 Å². The summed E-state index contributed by atoms with van der Waals surface area (Å²) in [5.41, 5.74) is 5.00. The maximum Gasteiger partial charge on any atom is 0.328 e. The average molecular weight is 576 g/mol. The molecule has 0 spiro atoms. The molecule has 3 aromatic rings. The first kappa shape index (κ1) is 27.4. The van der Waals surface area contributed by atoms with Crippen LogP contribution in [0.25, 0.3) is 11.1 Å². The van der Waals surface area contributed by atoms with Crippen LogP contribution in [0.4, 0.5) is 16.3 Å². The molecule has 214 valence electrons. The second kappa shape index (κ2) is 10.9. The fourth-order valence-electron chi connectivity index (χ4n) is 6.06. The van der Waals surface area contributed by atoms with E-state index in [1.165, 1.54) is 0 Å². The zero-order chi connectivity index (χ0) is 28.7. The molecule has 3 aliphatic heterocycles. The Hall–Kier alpha value is -3.76. The molecule has 11 heteroatoms. The maximum absolute atomic E-state index is 13.2. The highest BCUT2D eigenvalue weighted by atomic mass is 35.5. The van der Waals surface area contributed by atoms with Crippen molar-refractivity contribution in [3.63, 3.8) is 0 Å². The summed E-state index contributed by atoms with van der Waals surface area (Å²) in [7, 11) is 0. The second-order valence-electron chi connectivity index (χ2n) is 12.0. The zero-order valence-corrected chi connectivity index (χ0v) is 24.1. The quantitative estimate of drug-likeness (QED) is 0.448. The molecule has 1 aromatic carbocycles. The average Bonchev–Trinajstić information content (AvgIpc) is 3.45. The van der Waals surface area contributed by atoms with Crippen LogP contribution in [0.1, 0.15) is 44.4 Å². The van der Waals surface area contributed by atoms with Crippen molar-refractivity contribution in [3.8, 4) is 11.1 Å². The van der Waals surface area contributed by atoms with E-state index >= 15 is 0 Å². The van der Waals surface area contributed by atoms with E-state index in [0.29, 0.717) is 23.8 Å². The summed E-state index contributed by atoms with van der Waals surface area (Å²) in [4.78, 5) is 45.2. The van der Waals surface area contributed by atoms with Crippen molar-refractivity contribution in [2.24, 2.45) is 11.3 Å². The van der Waals surface area contributed by atoms with Crippen LogP contribution >= 0.6 is 11.6 Å². The number of aromatic nitrogens is 3. The lowest BCUT2D eigenvalue weighted by Gasteiger charge is -2.31. The molecule has 0 bridgehead atoms. The number of hydrogen-bond donors (Lipinski definition) is 2. The Morgan fingerprint density at radius 3 is 2.71 bits per heavy atom. The number of hydrogen-bond acceptors (Lipinski definition) is 6. The molecule has 10 nitrogen and oxygen atoms in total. The maximum atomic E-state index is 13.2. The largest absolute Gasteiger partial charge is 0.328 e. The van der Waals surface area contributed by atoms with E-state index in [0.717, 1.165) is 73.5 Å². The third-order valence-electron chi connectivity index (χ3n) is 8.21. The van der Waals surface area contributed by atoms with Gasteiger partial charge in [-0.3, -0.25) is 29.4 Å². The van der Waals surface area contributed by atoms with Gasteiger partial charge in [0.05, 0.1) is 11.2 Å². The van der Waals surface area contributed by atoms with E-state index in [-0.39, 0.29) is 29.2 Å². The number of amides is 4. The molecule has 6 rings (SSSR count). The van der Waals surface area contributed by atoms with Gasteiger partial charge in [0.25, 0.3) is 0 Å². The molecule has 2 fully saturated rings. The van der Waals surface area contributed by atoms with Crippen LogP contribution in [-0.4, -0.2) is 57.1 Å². The highest BCUT2D eigenvalue weighted by Crippen LogP contribution is 2.39. The minimum absolute atomic E-state index is 0.0283. The number of carbonyl (C=O) groups excluding carboxylic acids is 3. The monoisotopic (exact) mass is 575 g/mol. The fraction of sp³-hybridized carbons (Fsp3) is 0.433. The van der Waals surface area contributed by atoms with Gasteiger partial charge < -0.3 is 5.32 Å². The number of anilines is 2. The van der Waals surface area contributed by atoms with Gasteiger partial charge in [-0.1, -0.05) is 37.6 Å². The Morgan fingerprint density at radius 2 is 1.93 bits per heavy atom. The summed E-state index contributed by atoms with van der Waals surface area (Å²) in [5, 5.41) is 10.5. The molecule has 0 radical (unpaired) electrons. The molecule has 0 unspecified atom stereocenters. The van der Waals surface area contributed by atoms with Crippen LogP contribution in [-0.2, 0) is 29.1 Å². The van der Waals surface area contributed by atoms with E-state index in [9.17, 15) is 14.4 Å². The summed E-state index contributed by atoms with van der Waals surface area (Å²) < 4.78 is 2.04. The number of nitrogens with one attached hydrogen (secondary N) is 2. The van der Waals surface area contributed by atoms with Crippen LogP contribution in [0.3, 0.4) is 0 Å². The first-order valence-corrected chi connectivity index (χ1v) is 14.5. The Morgan fingerprint density at radius 1 is 1.12 bits per heavy atom. The number of carbonyl (C=O) groups is 3. The predicted molar refractivity (Wildman–Crippen MR) is 157 cm³/mol. The molecular weight excluding hydrogens is 542 g/mol. The van der Waals surface area contributed by atoms with E-state index in [2.05, 4.69) is 39.5 Å².